The third-order valence-corrected chi connectivity index (χ3v) is 3.19. The van der Waals surface area contributed by atoms with Gasteiger partial charge in [-0.3, -0.25) is 9.69 Å². The summed E-state index contributed by atoms with van der Waals surface area (Å²) in [6.07, 6.45) is 3.55. The third kappa shape index (κ3) is 2.61. The molecule has 1 saturated heterocycles. The van der Waals surface area contributed by atoms with Crippen molar-refractivity contribution in [3.8, 4) is 0 Å². The molecule has 92 valence electrons. The minimum Gasteiger partial charge on any atom is -0.309 e. The molecule has 0 aromatic carbocycles. The Balaban J connectivity index is 2.26. The number of carbonyl (C=O) groups excluding carboxylic acids is 1. The first-order chi connectivity index (χ1) is 8.22. The van der Waals surface area contributed by atoms with E-state index in [1.807, 2.05) is 13.1 Å². The van der Waals surface area contributed by atoms with E-state index in [4.69, 9.17) is 0 Å². The largest absolute Gasteiger partial charge is 0.309 e. The highest BCUT2D eigenvalue weighted by molar-refractivity contribution is 5.96. The molecule has 0 saturated carbocycles. The topological polar surface area (TPSA) is 58.1 Å². The minimum absolute atomic E-state index is 0.0948. The lowest BCUT2D eigenvalue weighted by Crippen LogP contribution is -2.44. The van der Waals surface area contributed by atoms with E-state index in [0.29, 0.717) is 11.7 Å². The Kier molecular flexibility index (Phi) is 3.68. The summed E-state index contributed by atoms with van der Waals surface area (Å²) >= 11 is 0. The van der Waals surface area contributed by atoms with Crippen molar-refractivity contribution in [2.45, 2.75) is 25.8 Å². The van der Waals surface area contributed by atoms with Crippen molar-refractivity contribution in [1.82, 2.24) is 15.5 Å². The van der Waals surface area contributed by atoms with Gasteiger partial charge in [-0.1, -0.05) is 6.92 Å². The summed E-state index contributed by atoms with van der Waals surface area (Å²) in [5.41, 5.74) is 0. The van der Waals surface area contributed by atoms with Gasteiger partial charge in [0.25, 0.3) is 0 Å². The van der Waals surface area contributed by atoms with Gasteiger partial charge >= 0.3 is 0 Å². The van der Waals surface area contributed by atoms with Crippen LogP contribution in [0.25, 0.3) is 0 Å². The molecule has 2 atom stereocenters. The number of rotatable bonds is 2. The first-order valence-corrected chi connectivity index (χ1v) is 5.98. The van der Waals surface area contributed by atoms with E-state index in [1.54, 1.807) is 17.2 Å². The molecule has 1 fully saturated rings. The molecule has 0 radical (unpaired) electrons. The van der Waals surface area contributed by atoms with Crippen LogP contribution in [0, 0.1) is 5.92 Å². The second-order valence-electron chi connectivity index (χ2n) is 4.55. The summed E-state index contributed by atoms with van der Waals surface area (Å²) < 4.78 is 0. The highest BCUT2D eigenvalue weighted by atomic mass is 16.2. The first kappa shape index (κ1) is 12.0. The average Bonchev–Trinajstić information content (AvgIpc) is 2.50. The maximum absolute atomic E-state index is 12.3. The van der Waals surface area contributed by atoms with Crippen molar-refractivity contribution >= 4 is 11.7 Å². The molecule has 2 heterocycles. The minimum atomic E-state index is -0.109. The highest BCUT2D eigenvalue weighted by Crippen LogP contribution is 2.21. The lowest BCUT2D eigenvalue weighted by atomic mass is 10.0. The molecule has 2 rings (SSSR count). The van der Waals surface area contributed by atoms with E-state index in [-0.39, 0.29) is 11.9 Å². The van der Waals surface area contributed by atoms with Gasteiger partial charge in [0, 0.05) is 12.7 Å². The van der Waals surface area contributed by atoms with Gasteiger partial charge in [-0.25, -0.2) is 0 Å². The third-order valence-electron chi connectivity index (χ3n) is 3.19. The van der Waals surface area contributed by atoms with Gasteiger partial charge in [-0.15, -0.1) is 5.10 Å². The molecule has 1 aliphatic rings. The molecule has 1 aromatic heterocycles. The Morgan fingerprint density at radius 1 is 1.47 bits per heavy atom. The van der Waals surface area contributed by atoms with Gasteiger partial charge in [0.15, 0.2) is 5.82 Å². The van der Waals surface area contributed by atoms with E-state index < -0.39 is 0 Å². The van der Waals surface area contributed by atoms with E-state index >= 15 is 0 Å². The SMILES string of the molecule is CNC1CCC(C)CN(c2cccnn2)C1=O. The fourth-order valence-corrected chi connectivity index (χ4v) is 2.17. The van der Waals surface area contributed by atoms with E-state index in [1.165, 1.54) is 0 Å². The van der Waals surface area contributed by atoms with Crippen molar-refractivity contribution < 1.29 is 4.79 Å². The summed E-state index contributed by atoms with van der Waals surface area (Å²) in [4.78, 5) is 14.1. The summed E-state index contributed by atoms with van der Waals surface area (Å²) in [5.74, 6) is 1.23. The first-order valence-electron chi connectivity index (χ1n) is 5.98. The van der Waals surface area contributed by atoms with E-state index in [0.717, 1.165) is 19.4 Å². The van der Waals surface area contributed by atoms with Gasteiger partial charge in [0.05, 0.1) is 6.04 Å². The molecular weight excluding hydrogens is 216 g/mol. The number of hydrogen-bond donors (Lipinski definition) is 1. The predicted molar refractivity (Wildman–Crippen MR) is 65.6 cm³/mol. The number of nitrogens with zero attached hydrogens (tertiary/aromatic N) is 3. The summed E-state index contributed by atoms with van der Waals surface area (Å²) in [6.45, 7) is 2.88. The molecule has 17 heavy (non-hydrogen) atoms. The van der Waals surface area contributed by atoms with Crippen LogP contribution >= 0.6 is 0 Å². The van der Waals surface area contributed by atoms with Crippen LogP contribution in [0.5, 0.6) is 0 Å². The molecule has 1 aliphatic heterocycles. The molecule has 2 unspecified atom stereocenters. The van der Waals surface area contributed by atoms with Crippen molar-refractivity contribution in [3.63, 3.8) is 0 Å². The molecule has 0 bridgehead atoms. The Morgan fingerprint density at radius 2 is 2.29 bits per heavy atom. The Morgan fingerprint density at radius 3 is 2.94 bits per heavy atom. The quantitative estimate of drug-likeness (QED) is 0.823. The van der Waals surface area contributed by atoms with Gasteiger partial charge in [0.1, 0.15) is 0 Å². The monoisotopic (exact) mass is 234 g/mol. The zero-order chi connectivity index (χ0) is 12.3. The van der Waals surface area contributed by atoms with Gasteiger partial charge in [0.2, 0.25) is 5.91 Å². The predicted octanol–water partition coefficient (Wildman–Crippen LogP) is 0.827. The maximum atomic E-state index is 12.3. The van der Waals surface area contributed by atoms with Crippen LogP contribution in [-0.2, 0) is 4.79 Å². The second-order valence-corrected chi connectivity index (χ2v) is 4.55. The normalized spacial score (nSPS) is 25.8. The number of aromatic nitrogens is 2. The van der Waals surface area contributed by atoms with Crippen LogP contribution in [0.1, 0.15) is 19.8 Å². The fourth-order valence-electron chi connectivity index (χ4n) is 2.17. The van der Waals surface area contributed by atoms with Gasteiger partial charge in [-0.2, -0.15) is 5.10 Å². The lowest BCUT2D eigenvalue weighted by molar-refractivity contribution is -0.120. The Labute approximate surface area is 101 Å². The summed E-state index contributed by atoms with van der Waals surface area (Å²) in [5, 5.41) is 10.9. The lowest BCUT2D eigenvalue weighted by Gasteiger charge is -2.23. The van der Waals surface area contributed by atoms with Crippen LogP contribution in [0.2, 0.25) is 0 Å². The maximum Gasteiger partial charge on any atom is 0.245 e. The Hall–Kier alpha value is -1.49. The van der Waals surface area contributed by atoms with Crippen LogP contribution in [0.4, 0.5) is 5.82 Å². The molecule has 1 aromatic rings. The molecule has 1 amide bonds. The number of hydrogen-bond acceptors (Lipinski definition) is 4. The summed E-state index contributed by atoms with van der Waals surface area (Å²) in [7, 11) is 1.83. The van der Waals surface area contributed by atoms with Crippen LogP contribution in [0.3, 0.4) is 0 Å². The van der Waals surface area contributed by atoms with Crippen molar-refractivity contribution in [1.29, 1.82) is 0 Å². The van der Waals surface area contributed by atoms with Crippen molar-refractivity contribution in [2.24, 2.45) is 5.92 Å². The zero-order valence-electron chi connectivity index (χ0n) is 10.3. The molecule has 1 N–H and O–H groups in total. The van der Waals surface area contributed by atoms with Crippen molar-refractivity contribution in [2.75, 3.05) is 18.5 Å². The number of carbonyl (C=O) groups is 1. The van der Waals surface area contributed by atoms with Crippen LogP contribution in [0.15, 0.2) is 18.3 Å². The average molecular weight is 234 g/mol. The van der Waals surface area contributed by atoms with Crippen molar-refractivity contribution in [3.05, 3.63) is 18.3 Å². The number of nitrogens with one attached hydrogen (secondary N) is 1. The summed E-state index contributed by atoms with van der Waals surface area (Å²) in [6, 6.07) is 3.52. The standard InChI is InChI=1S/C12H18N4O/c1-9-5-6-10(13-2)12(17)16(8-9)11-4-3-7-14-15-11/h3-4,7,9-10,13H,5-6,8H2,1-2H3. The molecule has 0 aliphatic carbocycles. The van der Waals surface area contributed by atoms with E-state index in [2.05, 4.69) is 22.4 Å². The van der Waals surface area contributed by atoms with E-state index in [9.17, 15) is 4.79 Å². The van der Waals surface area contributed by atoms with Crippen LogP contribution < -0.4 is 10.2 Å². The molecule has 0 spiro atoms. The fraction of sp³-hybridized carbons (Fsp3) is 0.583. The number of amides is 1. The second kappa shape index (κ2) is 5.23. The van der Waals surface area contributed by atoms with Gasteiger partial charge in [-0.05, 0) is 37.9 Å². The van der Waals surface area contributed by atoms with Crippen LogP contribution in [-0.4, -0.2) is 35.7 Å². The number of anilines is 1. The molecule has 5 nitrogen and oxygen atoms in total. The smallest absolute Gasteiger partial charge is 0.245 e. The molecular formula is C12H18N4O. The Bertz CT molecular complexity index is 381. The van der Waals surface area contributed by atoms with Gasteiger partial charge < -0.3 is 5.32 Å². The number of likely N-dealkylation sites (N-methyl/N-ethyl adjacent to an activating group) is 1. The zero-order valence-corrected chi connectivity index (χ0v) is 10.3. The molecule has 5 heteroatoms. The highest BCUT2D eigenvalue weighted by Gasteiger charge is 2.30.